The van der Waals surface area contributed by atoms with Gasteiger partial charge >= 0.3 is 0 Å². The van der Waals surface area contributed by atoms with Gasteiger partial charge in [0.15, 0.2) is 0 Å². The molecule has 1 aliphatic heterocycles. The molecule has 2 rings (SSSR count). The van der Waals surface area contributed by atoms with Crippen molar-refractivity contribution in [2.24, 2.45) is 0 Å². The maximum atomic E-state index is 5.93. The summed E-state index contributed by atoms with van der Waals surface area (Å²) in [6.07, 6.45) is 4.15. The molecule has 1 aromatic heterocycles. The predicted molar refractivity (Wildman–Crippen MR) is 63.8 cm³/mol. The Hall–Kier alpha value is -0.0300. The van der Waals surface area contributed by atoms with E-state index in [1.54, 1.807) is 0 Å². The molecule has 2 nitrogen and oxygen atoms in total. The minimum atomic E-state index is 0.192. The van der Waals surface area contributed by atoms with Crippen molar-refractivity contribution in [3.63, 3.8) is 0 Å². The van der Waals surface area contributed by atoms with E-state index in [9.17, 15) is 0 Å². The Morgan fingerprint density at radius 3 is 2.93 bits per heavy atom. The van der Waals surface area contributed by atoms with E-state index in [1.807, 2.05) is 19.1 Å². The van der Waals surface area contributed by atoms with Crippen LogP contribution in [0.15, 0.2) is 16.5 Å². The minimum Gasteiger partial charge on any atom is -0.464 e. The first-order chi connectivity index (χ1) is 6.79. The van der Waals surface area contributed by atoms with E-state index in [-0.39, 0.29) is 6.10 Å². The van der Waals surface area contributed by atoms with Gasteiger partial charge in [-0.2, -0.15) is 0 Å². The Bertz CT molecular complexity index is 295. The lowest BCUT2D eigenvalue weighted by Crippen LogP contribution is -2.23. The third-order valence-electron chi connectivity index (χ3n) is 2.60. The van der Waals surface area contributed by atoms with Crippen LogP contribution in [0.2, 0.25) is 0 Å². The number of hydrogen-bond acceptors (Lipinski definition) is 2. The standard InChI is InChI=1S/C11H15IO2/c1-8-5-6-11(13-8)10-4-2-3-9(7-12)14-10/h5-6,9-10H,2-4,7H2,1H3. The molecule has 78 valence electrons. The summed E-state index contributed by atoms with van der Waals surface area (Å²) in [7, 11) is 0. The molecule has 1 fully saturated rings. The molecular weight excluding hydrogens is 291 g/mol. The van der Waals surface area contributed by atoms with Crippen LogP contribution in [0.5, 0.6) is 0 Å². The van der Waals surface area contributed by atoms with Gasteiger partial charge in [-0.15, -0.1) is 0 Å². The van der Waals surface area contributed by atoms with Gasteiger partial charge in [0.2, 0.25) is 0 Å². The molecular formula is C11H15IO2. The van der Waals surface area contributed by atoms with Gasteiger partial charge in [0.05, 0.1) is 6.10 Å². The molecule has 14 heavy (non-hydrogen) atoms. The summed E-state index contributed by atoms with van der Waals surface area (Å²) in [6, 6.07) is 4.04. The topological polar surface area (TPSA) is 22.4 Å². The number of furan rings is 1. The molecule has 2 heterocycles. The zero-order valence-electron chi connectivity index (χ0n) is 8.33. The maximum Gasteiger partial charge on any atom is 0.132 e. The molecule has 1 aromatic rings. The fourth-order valence-corrected chi connectivity index (χ4v) is 2.50. The van der Waals surface area contributed by atoms with Crippen molar-refractivity contribution in [2.75, 3.05) is 4.43 Å². The summed E-state index contributed by atoms with van der Waals surface area (Å²) in [5.74, 6) is 1.97. The first kappa shape index (κ1) is 10.5. The Morgan fingerprint density at radius 1 is 1.43 bits per heavy atom. The molecule has 1 aliphatic rings. The summed E-state index contributed by atoms with van der Waals surface area (Å²) < 4.78 is 12.6. The number of alkyl halides is 1. The Balaban J connectivity index is 2.04. The quantitative estimate of drug-likeness (QED) is 0.615. The molecule has 0 aliphatic carbocycles. The van der Waals surface area contributed by atoms with Crippen LogP contribution < -0.4 is 0 Å². The SMILES string of the molecule is Cc1ccc(C2CCCC(CI)O2)o1. The van der Waals surface area contributed by atoms with Gasteiger partial charge in [-0.25, -0.2) is 0 Å². The van der Waals surface area contributed by atoms with E-state index in [1.165, 1.54) is 12.8 Å². The fourth-order valence-electron chi connectivity index (χ4n) is 1.85. The van der Waals surface area contributed by atoms with Gasteiger partial charge in [0.25, 0.3) is 0 Å². The van der Waals surface area contributed by atoms with Gasteiger partial charge in [-0.3, -0.25) is 0 Å². The zero-order valence-corrected chi connectivity index (χ0v) is 10.5. The monoisotopic (exact) mass is 306 g/mol. The summed E-state index contributed by atoms with van der Waals surface area (Å²) in [5, 5.41) is 0. The van der Waals surface area contributed by atoms with Crippen molar-refractivity contribution >= 4 is 22.6 Å². The highest BCUT2D eigenvalue weighted by atomic mass is 127. The second-order valence-corrected chi connectivity index (χ2v) is 4.66. The largest absolute Gasteiger partial charge is 0.464 e. The lowest BCUT2D eigenvalue weighted by molar-refractivity contribution is -0.0479. The Morgan fingerprint density at radius 2 is 2.29 bits per heavy atom. The Kier molecular flexibility index (Phi) is 3.49. The van der Waals surface area contributed by atoms with Gasteiger partial charge in [-0.1, -0.05) is 22.6 Å². The molecule has 0 aromatic carbocycles. The van der Waals surface area contributed by atoms with Gasteiger partial charge in [0.1, 0.15) is 17.6 Å². The van der Waals surface area contributed by atoms with Crippen LogP contribution >= 0.6 is 22.6 Å². The third-order valence-corrected chi connectivity index (χ3v) is 3.58. The molecule has 0 spiro atoms. The summed E-state index contributed by atoms with van der Waals surface area (Å²) >= 11 is 2.39. The normalized spacial score (nSPS) is 27.9. The highest BCUT2D eigenvalue weighted by Crippen LogP contribution is 2.32. The van der Waals surface area contributed by atoms with E-state index in [0.717, 1.165) is 22.4 Å². The van der Waals surface area contributed by atoms with Crippen molar-refractivity contribution in [3.8, 4) is 0 Å². The number of rotatable bonds is 2. The fraction of sp³-hybridized carbons (Fsp3) is 0.636. The van der Waals surface area contributed by atoms with E-state index in [4.69, 9.17) is 9.15 Å². The average Bonchev–Trinajstić information content (AvgIpc) is 2.65. The van der Waals surface area contributed by atoms with Crippen molar-refractivity contribution in [1.82, 2.24) is 0 Å². The molecule has 3 heteroatoms. The van der Waals surface area contributed by atoms with Crippen LogP contribution in [0.4, 0.5) is 0 Å². The van der Waals surface area contributed by atoms with Gasteiger partial charge < -0.3 is 9.15 Å². The van der Waals surface area contributed by atoms with E-state index >= 15 is 0 Å². The first-order valence-corrected chi connectivity index (χ1v) is 6.60. The highest BCUT2D eigenvalue weighted by Gasteiger charge is 2.24. The molecule has 1 saturated heterocycles. The van der Waals surface area contributed by atoms with Gasteiger partial charge in [-0.05, 0) is 38.3 Å². The van der Waals surface area contributed by atoms with Gasteiger partial charge in [0, 0.05) is 4.43 Å². The second kappa shape index (κ2) is 4.66. The van der Waals surface area contributed by atoms with Crippen LogP contribution in [0.1, 0.15) is 36.9 Å². The van der Waals surface area contributed by atoms with Crippen molar-refractivity contribution in [3.05, 3.63) is 23.7 Å². The van der Waals surface area contributed by atoms with Crippen molar-refractivity contribution in [1.29, 1.82) is 0 Å². The zero-order chi connectivity index (χ0) is 9.97. The van der Waals surface area contributed by atoms with Crippen molar-refractivity contribution < 1.29 is 9.15 Å². The second-order valence-electron chi connectivity index (χ2n) is 3.78. The first-order valence-electron chi connectivity index (χ1n) is 5.07. The molecule has 0 bridgehead atoms. The number of halogens is 1. The smallest absolute Gasteiger partial charge is 0.132 e. The minimum absolute atomic E-state index is 0.192. The predicted octanol–water partition coefficient (Wildman–Crippen LogP) is 3.63. The highest BCUT2D eigenvalue weighted by molar-refractivity contribution is 14.1. The summed E-state index contributed by atoms with van der Waals surface area (Å²) in [4.78, 5) is 0. The van der Waals surface area contributed by atoms with E-state index < -0.39 is 0 Å². The third kappa shape index (κ3) is 2.31. The summed E-state index contributed by atoms with van der Waals surface area (Å²) in [6.45, 7) is 1.97. The number of hydrogen-bond donors (Lipinski definition) is 0. The van der Waals surface area contributed by atoms with Crippen LogP contribution in [0.3, 0.4) is 0 Å². The maximum absolute atomic E-state index is 5.93. The molecule has 0 N–H and O–H groups in total. The van der Waals surface area contributed by atoms with E-state index in [0.29, 0.717) is 6.10 Å². The van der Waals surface area contributed by atoms with Crippen LogP contribution in [-0.4, -0.2) is 10.5 Å². The molecule has 2 atom stereocenters. The Labute approximate surface area is 98.1 Å². The van der Waals surface area contributed by atoms with Crippen molar-refractivity contribution in [2.45, 2.75) is 38.4 Å². The molecule has 0 radical (unpaired) electrons. The number of ether oxygens (including phenoxy) is 1. The molecule has 2 unspecified atom stereocenters. The molecule has 0 saturated carbocycles. The number of aryl methyl sites for hydroxylation is 1. The van der Waals surface area contributed by atoms with Crippen LogP contribution in [0.25, 0.3) is 0 Å². The van der Waals surface area contributed by atoms with E-state index in [2.05, 4.69) is 22.6 Å². The lowest BCUT2D eigenvalue weighted by atomic mass is 10.0. The summed E-state index contributed by atoms with van der Waals surface area (Å²) in [5.41, 5.74) is 0. The average molecular weight is 306 g/mol. The lowest BCUT2D eigenvalue weighted by Gasteiger charge is -2.27. The van der Waals surface area contributed by atoms with Crippen LogP contribution in [0, 0.1) is 6.92 Å². The van der Waals surface area contributed by atoms with Crippen LogP contribution in [-0.2, 0) is 4.74 Å². The molecule has 0 amide bonds.